The predicted molar refractivity (Wildman–Crippen MR) is 110 cm³/mol. The largest absolute Gasteiger partial charge is 0.311 e. The fourth-order valence-electron chi connectivity index (χ4n) is 3.40. The van der Waals surface area contributed by atoms with Crippen molar-refractivity contribution in [2.45, 2.75) is 25.7 Å². The topological polar surface area (TPSA) is 75.2 Å². The van der Waals surface area contributed by atoms with Crippen LogP contribution in [0.3, 0.4) is 0 Å². The van der Waals surface area contributed by atoms with Crippen molar-refractivity contribution in [3.63, 3.8) is 0 Å². The summed E-state index contributed by atoms with van der Waals surface area (Å²) >= 11 is 1.26. The molecule has 148 valence electrons. The zero-order valence-electron chi connectivity index (χ0n) is 15.8. The number of aromatic nitrogens is 2. The molecular weight excluding hydrogens is 391 g/mol. The first-order chi connectivity index (χ1) is 14.0. The SMILES string of the molecule is CCc1ccccc1N1CC(c2nnc(NC(=O)c3ccc(F)cc3)s2)CC1=O. The van der Waals surface area contributed by atoms with Gasteiger partial charge in [0, 0.05) is 30.1 Å². The van der Waals surface area contributed by atoms with Crippen molar-refractivity contribution in [1.29, 1.82) is 0 Å². The number of nitrogens with zero attached hydrogens (tertiary/aromatic N) is 3. The highest BCUT2D eigenvalue weighted by molar-refractivity contribution is 7.15. The minimum absolute atomic E-state index is 0.0583. The molecule has 0 radical (unpaired) electrons. The van der Waals surface area contributed by atoms with Crippen molar-refractivity contribution in [3.8, 4) is 0 Å². The molecule has 1 aliphatic rings. The quantitative estimate of drug-likeness (QED) is 0.690. The van der Waals surface area contributed by atoms with Gasteiger partial charge in [0.2, 0.25) is 11.0 Å². The second-order valence-electron chi connectivity index (χ2n) is 6.79. The molecule has 0 spiro atoms. The molecule has 4 rings (SSSR count). The molecule has 2 heterocycles. The van der Waals surface area contributed by atoms with Gasteiger partial charge in [-0.05, 0) is 42.3 Å². The van der Waals surface area contributed by atoms with Gasteiger partial charge in [0.05, 0.1) is 0 Å². The van der Waals surface area contributed by atoms with Crippen molar-refractivity contribution >= 4 is 34.0 Å². The molecule has 2 aromatic carbocycles. The molecule has 0 aliphatic carbocycles. The highest BCUT2D eigenvalue weighted by Crippen LogP contribution is 2.35. The number of hydrogen-bond donors (Lipinski definition) is 1. The van der Waals surface area contributed by atoms with E-state index in [9.17, 15) is 14.0 Å². The summed E-state index contributed by atoms with van der Waals surface area (Å²) in [5, 5.41) is 12.0. The molecule has 1 saturated heterocycles. The standard InChI is InChI=1S/C21H19FN4O2S/c1-2-13-5-3-4-6-17(13)26-12-15(11-18(26)27)20-24-25-21(29-20)23-19(28)14-7-9-16(22)10-8-14/h3-10,15H,2,11-12H2,1H3,(H,23,25,28). The molecule has 1 aromatic heterocycles. The van der Waals surface area contributed by atoms with Crippen LogP contribution in [-0.2, 0) is 11.2 Å². The van der Waals surface area contributed by atoms with E-state index in [-0.39, 0.29) is 17.7 Å². The van der Waals surface area contributed by atoms with E-state index in [4.69, 9.17) is 0 Å². The first-order valence-corrected chi connectivity index (χ1v) is 10.2. The summed E-state index contributed by atoms with van der Waals surface area (Å²) in [6.45, 7) is 2.61. The van der Waals surface area contributed by atoms with Crippen LogP contribution >= 0.6 is 11.3 Å². The molecule has 0 bridgehead atoms. The van der Waals surface area contributed by atoms with Crippen LogP contribution in [0, 0.1) is 5.82 Å². The first kappa shape index (κ1) is 19.2. The van der Waals surface area contributed by atoms with Crippen molar-refractivity contribution in [1.82, 2.24) is 10.2 Å². The molecule has 1 unspecified atom stereocenters. The third-order valence-corrected chi connectivity index (χ3v) is 5.91. The average molecular weight is 410 g/mol. The summed E-state index contributed by atoms with van der Waals surface area (Å²) in [7, 11) is 0. The molecular formula is C21H19FN4O2S. The van der Waals surface area contributed by atoms with Crippen LogP contribution in [0.1, 0.15) is 40.2 Å². The van der Waals surface area contributed by atoms with Crippen LogP contribution < -0.4 is 10.2 Å². The van der Waals surface area contributed by atoms with E-state index in [1.54, 1.807) is 0 Å². The number of halogens is 1. The predicted octanol–water partition coefficient (Wildman–Crippen LogP) is 4.01. The Morgan fingerprint density at radius 1 is 1.21 bits per heavy atom. The second kappa shape index (κ2) is 8.08. The smallest absolute Gasteiger partial charge is 0.257 e. The van der Waals surface area contributed by atoms with Gasteiger partial charge in [0.15, 0.2) is 0 Å². The lowest BCUT2D eigenvalue weighted by molar-refractivity contribution is -0.117. The Kier molecular flexibility index (Phi) is 5.35. The van der Waals surface area contributed by atoms with Gasteiger partial charge >= 0.3 is 0 Å². The van der Waals surface area contributed by atoms with Crippen LogP contribution in [0.15, 0.2) is 48.5 Å². The number of rotatable bonds is 5. The van der Waals surface area contributed by atoms with Crippen LogP contribution in [0.2, 0.25) is 0 Å². The lowest BCUT2D eigenvalue weighted by Crippen LogP contribution is -2.25. The molecule has 1 N–H and O–H groups in total. The Morgan fingerprint density at radius 2 is 1.97 bits per heavy atom. The Hall–Kier alpha value is -3.13. The van der Waals surface area contributed by atoms with Crippen molar-refractivity contribution in [3.05, 3.63) is 70.5 Å². The number of anilines is 2. The van der Waals surface area contributed by atoms with E-state index in [2.05, 4.69) is 22.4 Å². The van der Waals surface area contributed by atoms with Crippen molar-refractivity contribution < 1.29 is 14.0 Å². The van der Waals surface area contributed by atoms with E-state index in [1.807, 2.05) is 29.2 Å². The van der Waals surface area contributed by atoms with Gasteiger partial charge in [-0.1, -0.05) is 36.5 Å². The summed E-state index contributed by atoms with van der Waals surface area (Å²) in [4.78, 5) is 26.7. The number of carbonyl (C=O) groups excluding carboxylic acids is 2. The molecule has 8 heteroatoms. The number of benzene rings is 2. The summed E-state index contributed by atoms with van der Waals surface area (Å²) in [5.41, 5.74) is 2.41. The Morgan fingerprint density at radius 3 is 2.72 bits per heavy atom. The number of aryl methyl sites for hydroxylation is 1. The Bertz CT molecular complexity index is 1050. The maximum absolute atomic E-state index is 13.0. The average Bonchev–Trinajstić information content (AvgIpc) is 3.35. The lowest BCUT2D eigenvalue weighted by atomic mass is 10.1. The number of nitrogens with one attached hydrogen (secondary N) is 1. The number of hydrogen-bond acceptors (Lipinski definition) is 5. The fraction of sp³-hybridized carbons (Fsp3) is 0.238. The molecule has 29 heavy (non-hydrogen) atoms. The zero-order chi connectivity index (χ0) is 20.4. The molecule has 6 nitrogen and oxygen atoms in total. The second-order valence-corrected chi connectivity index (χ2v) is 7.80. The Labute approximate surface area is 171 Å². The van der Waals surface area contributed by atoms with E-state index >= 15 is 0 Å². The minimum Gasteiger partial charge on any atom is -0.311 e. The lowest BCUT2D eigenvalue weighted by Gasteiger charge is -2.19. The summed E-state index contributed by atoms with van der Waals surface area (Å²) < 4.78 is 13.0. The van der Waals surface area contributed by atoms with Gasteiger partial charge in [0.1, 0.15) is 10.8 Å². The number of carbonyl (C=O) groups is 2. The molecule has 3 aromatic rings. The monoisotopic (exact) mass is 410 g/mol. The maximum atomic E-state index is 13.0. The van der Waals surface area contributed by atoms with Crippen LogP contribution in [0.4, 0.5) is 15.2 Å². The molecule has 1 aliphatic heterocycles. The third kappa shape index (κ3) is 4.02. The van der Waals surface area contributed by atoms with Crippen LogP contribution in [0.5, 0.6) is 0 Å². The first-order valence-electron chi connectivity index (χ1n) is 9.33. The number of para-hydroxylation sites is 1. The van der Waals surface area contributed by atoms with Crippen molar-refractivity contribution in [2.75, 3.05) is 16.8 Å². The summed E-state index contributed by atoms with van der Waals surface area (Å²) in [5.74, 6) is -0.794. The van der Waals surface area contributed by atoms with Gasteiger partial charge in [-0.3, -0.25) is 14.9 Å². The zero-order valence-corrected chi connectivity index (χ0v) is 16.6. The molecule has 0 saturated carbocycles. The highest BCUT2D eigenvalue weighted by atomic mass is 32.1. The third-order valence-electron chi connectivity index (χ3n) is 4.91. The fourth-order valence-corrected chi connectivity index (χ4v) is 4.23. The summed E-state index contributed by atoms with van der Waals surface area (Å²) in [6, 6.07) is 13.2. The van der Waals surface area contributed by atoms with Gasteiger partial charge in [-0.2, -0.15) is 0 Å². The van der Waals surface area contributed by atoms with Crippen LogP contribution in [-0.4, -0.2) is 28.6 Å². The minimum atomic E-state index is -0.403. The van der Waals surface area contributed by atoms with Gasteiger partial charge in [-0.25, -0.2) is 4.39 Å². The highest BCUT2D eigenvalue weighted by Gasteiger charge is 2.34. The summed E-state index contributed by atoms with van der Waals surface area (Å²) in [6.07, 6.45) is 1.21. The normalized spacial score (nSPS) is 16.3. The van der Waals surface area contributed by atoms with Gasteiger partial charge in [0.25, 0.3) is 5.91 Å². The number of amides is 2. The van der Waals surface area contributed by atoms with E-state index in [0.29, 0.717) is 28.7 Å². The van der Waals surface area contributed by atoms with E-state index < -0.39 is 5.82 Å². The van der Waals surface area contributed by atoms with Crippen LogP contribution in [0.25, 0.3) is 0 Å². The molecule has 1 fully saturated rings. The molecule has 1 atom stereocenters. The van der Waals surface area contributed by atoms with E-state index in [0.717, 1.165) is 17.7 Å². The molecule has 2 amide bonds. The van der Waals surface area contributed by atoms with Gasteiger partial charge < -0.3 is 4.90 Å². The van der Waals surface area contributed by atoms with Gasteiger partial charge in [-0.15, -0.1) is 10.2 Å². The Balaban J connectivity index is 1.46. The van der Waals surface area contributed by atoms with Crippen molar-refractivity contribution in [2.24, 2.45) is 0 Å². The van der Waals surface area contributed by atoms with E-state index in [1.165, 1.54) is 35.6 Å². The maximum Gasteiger partial charge on any atom is 0.257 e.